The maximum atomic E-state index is 12.1. The molecule has 0 spiro atoms. The molecule has 1 aromatic heterocycles. The summed E-state index contributed by atoms with van der Waals surface area (Å²) in [5, 5.41) is 13.2. The fourth-order valence-electron chi connectivity index (χ4n) is 1.83. The molecule has 0 saturated carbocycles. The van der Waals surface area contributed by atoms with Gasteiger partial charge < -0.3 is 0 Å². The zero-order chi connectivity index (χ0) is 14.7. The summed E-state index contributed by atoms with van der Waals surface area (Å²) in [6, 6.07) is 11.3. The highest BCUT2D eigenvalue weighted by Crippen LogP contribution is 2.09. The van der Waals surface area contributed by atoms with Crippen LogP contribution < -0.4 is 5.56 Å². The van der Waals surface area contributed by atoms with Crippen molar-refractivity contribution in [2.45, 2.75) is 13.8 Å². The number of nitriles is 1. The van der Waals surface area contributed by atoms with Gasteiger partial charge in [0.2, 0.25) is 0 Å². The SMILES string of the molecule is Cc1cc(C)n(/N=C\c2ccc(Br)cc2)c(=O)c1C#N. The van der Waals surface area contributed by atoms with Gasteiger partial charge in [-0.3, -0.25) is 4.79 Å². The average Bonchev–Trinajstić information content (AvgIpc) is 2.40. The van der Waals surface area contributed by atoms with Crippen LogP contribution in [-0.2, 0) is 0 Å². The van der Waals surface area contributed by atoms with Gasteiger partial charge in [-0.15, -0.1) is 0 Å². The largest absolute Gasteiger partial charge is 0.289 e. The zero-order valence-electron chi connectivity index (χ0n) is 11.1. The highest BCUT2D eigenvalue weighted by molar-refractivity contribution is 9.10. The molecule has 0 N–H and O–H groups in total. The van der Waals surface area contributed by atoms with Gasteiger partial charge in [-0.05, 0) is 43.2 Å². The Kier molecular flexibility index (Phi) is 4.16. The normalized spacial score (nSPS) is 10.7. The Morgan fingerprint density at radius 2 is 1.95 bits per heavy atom. The summed E-state index contributed by atoms with van der Waals surface area (Å²) in [6.07, 6.45) is 1.59. The maximum Gasteiger partial charge on any atom is 0.289 e. The minimum absolute atomic E-state index is 0.128. The van der Waals surface area contributed by atoms with Crippen molar-refractivity contribution in [3.05, 3.63) is 67.5 Å². The first-order valence-electron chi connectivity index (χ1n) is 5.96. The fourth-order valence-corrected chi connectivity index (χ4v) is 2.10. The van der Waals surface area contributed by atoms with Gasteiger partial charge in [0.15, 0.2) is 0 Å². The molecule has 0 atom stereocenters. The third-order valence-corrected chi connectivity index (χ3v) is 3.39. The Bertz CT molecular complexity index is 767. The molecule has 5 heteroatoms. The second-order valence-electron chi connectivity index (χ2n) is 4.37. The number of nitrogens with zero attached hydrogens (tertiary/aromatic N) is 3. The van der Waals surface area contributed by atoms with E-state index < -0.39 is 5.56 Å². The Labute approximate surface area is 125 Å². The Balaban J connectivity index is 2.47. The number of pyridine rings is 1. The minimum atomic E-state index is -0.390. The molecule has 0 amide bonds. The molecule has 0 unspecified atom stereocenters. The third-order valence-electron chi connectivity index (χ3n) is 2.86. The molecule has 1 aromatic carbocycles. The van der Waals surface area contributed by atoms with E-state index >= 15 is 0 Å². The molecule has 0 saturated heterocycles. The van der Waals surface area contributed by atoms with Crippen molar-refractivity contribution in [1.82, 2.24) is 4.68 Å². The Morgan fingerprint density at radius 1 is 1.30 bits per heavy atom. The lowest BCUT2D eigenvalue weighted by atomic mass is 10.1. The van der Waals surface area contributed by atoms with Crippen molar-refractivity contribution in [1.29, 1.82) is 5.26 Å². The van der Waals surface area contributed by atoms with E-state index in [1.165, 1.54) is 4.68 Å². The number of benzene rings is 1. The fraction of sp³-hybridized carbons (Fsp3) is 0.133. The molecule has 0 aliphatic carbocycles. The average molecular weight is 330 g/mol. The molecule has 0 bridgehead atoms. The topological polar surface area (TPSA) is 58.1 Å². The quantitative estimate of drug-likeness (QED) is 0.795. The van der Waals surface area contributed by atoms with Gasteiger partial charge in [0.1, 0.15) is 11.6 Å². The lowest BCUT2D eigenvalue weighted by Crippen LogP contribution is -2.22. The van der Waals surface area contributed by atoms with Crippen molar-refractivity contribution in [3.63, 3.8) is 0 Å². The first-order chi connectivity index (χ1) is 9.52. The number of aromatic nitrogens is 1. The molecule has 2 aromatic rings. The smallest absolute Gasteiger partial charge is 0.266 e. The van der Waals surface area contributed by atoms with Crippen LogP contribution in [0.1, 0.15) is 22.4 Å². The lowest BCUT2D eigenvalue weighted by molar-refractivity contribution is 0.786. The molecule has 0 fully saturated rings. The highest BCUT2D eigenvalue weighted by Gasteiger charge is 2.08. The van der Waals surface area contributed by atoms with Crippen molar-refractivity contribution in [2.75, 3.05) is 0 Å². The van der Waals surface area contributed by atoms with E-state index in [1.807, 2.05) is 30.3 Å². The van der Waals surface area contributed by atoms with Crippen molar-refractivity contribution in [2.24, 2.45) is 5.10 Å². The summed E-state index contributed by atoms with van der Waals surface area (Å²) in [5.74, 6) is 0. The molecule has 0 aliphatic heterocycles. The zero-order valence-corrected chi connectivity index (χ0v) is 12.7. The van der Waals surface area contributed by atoms with Crippen molar-refractivity contribution in [3.8, 4) is 6.07 Å². The van der Waals surface area contributed by atoms with Crippen LogP contribution >= 0.6 is 15.9 Å². The molecular formula is C15H12BrN3O. The molecule has 0 radical (unpaired) electrons. The van der Waals surface area contributed by atoms with E-state index in [-0.39, 0.29) is 5.56 Å². The molecule has 20 heavy (non-hydrogen) atoms. The van der Waals surface area contributed by atoms with Crippen LogP contribution in [0.5, 0.6) is 0 Å². The number of rotatable bonds is 2. The Morgan fingerprint density at radius 3 is 2.55 bits per heavy atom. The van der Waals surface area contributed by atoms with E-state index in [9.17, 15) is 4.79 Å². The predicted octanol–water partition coefficient (Wildman–Crippen LogP) is 2.98. The van der Waals surface area contributed by atoms with E-state index in [2.05, 4.69) is 21.0 Å². The molecular weight excluding hydrogens is 318 g/mol. The van der Waals surface area contributed by atoms with Gasteiger partial charge in [-0.25, -0.2) is 4.68 Å². The highest BCUT2D eigenvalue weighted by atomic mass is 79.9. The van der Waals surface area contributed by atoms with Crippen LogP contribution in [-0.4, -0.2) is 10.9 Å². The summed E-state index contributed by atoms with van der Waals surface area (Å²) in [6.45, 7) is 3.53. The monoisotopic (exact) mass is 329 g/mol. The summed E-state index contributed by atoms with van der Waals surface area (Å²) < 4.78 is 2.22. The number of aryl methyl sites for hydroxylation is 2. The van der Waals surface area contributed by atoms with E-state index in [0.29, 0.717) is 11.3 Å². The van der Waals surface area contributed by atoms with Gasteiger partial charge in [0, 0.05) is 10.2 Å². The lowest BCUT2D eigenvalue weighted by Gasteiger charge is -2.06. The summed E-state index contributed by atoms with van der Waals surface area (Å²) in [4.78, 5) is 12.1. The van der Waals surface area contributed by atoms with Gasteiger partial charge in [-0.1, -0.05) is 28.1 Å². The van der Waals surface area contributed by atoms with E-state index in [1.54, 1.807) is 26.1 Å². The molecule has 0 aliphatic rings. The van der Waals surface area contributed by atoms with Gasteiger partial charge >= 0.3 is 0 Å². The van der Waals surface area contributed by atoms with Gasteiger partial charge in [0.05, 0.1) is 6.21 Å². The van der Waals surface area contributed by atoms with Gasteiger partial charge in [0.25, 0.3) is 5.56 Å². The maximum absolute atomic E-state index is 12.1. The summed E-state index contributed by atoms with van der Waals surface area (Å²) in [5.41, 5.74) is 1.98. The minimum Gasteiger partial charge on any atom is -0.266 e. The number of hydrogen-bond acceptors (Lipinski definition) is 3. The summed E-state index contributed by atoms with van der Waals surface area (Å²) in [7, 11) is 0. The standard InChI is InChI=1S/C15H12BrN3O/c1-10-7-11(2)19(15(20)14(10)8-17)18-9-12-3-5-13(16)6-4-12/h3-7,9H,1-2H3/b18-9-. The van der Waals surface area contributed by atoms with Crippen molar-refractivity contribution >= 4 is 22.1 Å². The Hall–Kier alpha value is -2.19. The third kappa shape index (κ3) is 2.86. The molecule has 4 nitrogen and oxygen atoms in total. The van der Waals surface area contributed by atoms with E-state index in [0.717, 1.165) is 10.0 Å². The van der Waals surface area contributed by atoms with Crippen LogP contribution in [0.25, 0.3) is 0 Å². The molecule has 2 rings (SSSR count). The molecule has 1 heterocycles. The second kappa shape index (κ2) is 5.85. The van der Waals surface area contributed by atoms with E-state index in [4.69, 9.17) is 5.26 Å². The first-order valence-corrected chi connectivity index (χ1v) is 6.75. The predicted molar refractivity (Wildman–Crippen MR) is 82.0 cm³/mol. The van der Waals surface area contributed by atoms with Crippen LogP contribution in [0.3, 0.4) is 0 Å². The number of hydrogen-bond donors (Lipinski definition) is 0. The van der Waals surface area contributed by atoms with Crippen molar-refractivity contribution < 1.29 is 0 Å². The molecule has 100 valence electrons. The van der Waals surface area contributed by atoms with Crippen LogP contribution in [0.4, 0.5) is 0 Å². The summed E-state index contributed by atoms with van der Waals surface area (Å²) >= 11 is 3.36. The second-order valence-corrected chi connectivity index (χ2v) is 5.28. The van der Waals surface area contributed by atoms with Gasteiger partial charge in [-0.2, -0.15) is 10.4 Å². The van der Waals surface area contributed by atoms with Crippen LogP contribution in [0.15, 0.2) is 44.7 Å². The number of halogens is 1. The first kappa shape index (κ1) is 14.2. The van der Waals surface area contributed by atoms with Crippen LogP contribution in [0, 0.1) is 25.2 Å². The van der Waals surface area contributed by atoms with Crippen LogP contribution in [0.2, 0.25) is 0 Å².